The summed E-state index contributed by atoms with van der Waals surface area (Å²) in [7, 11) is 0. The Hall–Kier alpha value is -2.19. The molecule has 0 aromatic carbocycles. The molecular weight excluding hydrogens is 421 g/mol. The molecule has 1 aromatic rings. The highest BCUT2D eigenvalue weighted by atomic mass is 35.5. The minimum Gasteiger partial charge on any atom is -0.454 e. The number of likely N-dealkylation sites (tertiary alicyclic amines) is 1. The molecule has 0 bridgehead atoms. The van der Waals surface area contributed by atoms with Gasteiger partial charge in [0.1, 0.15) is 6.04 Å². The van der Waals surface area contributed by atoms with Crippen LogP contribution >= 0.6 is 23.2 Å². The van der Waals surface area contributed by atoms with E-state index in [-0.39, 0.29) is 34.5 Å². The Labute approximate surface area is 177 Å². The molecule has 0 radical (unpaired) electrons. The van der Waals surface area contributed by atoms with E-state index in [1.165, 1.54) is 13.0 Å². The molecule has 1 aliphatic heterocycles. The van der Waals surface area contributed by atoms with Gasteiger partial charge in [0.2, 0.25) is 11.8 Å². The van der Waals surface area contributed by atoms with Crippen molar-refractivity contribution in [1.29, 1.82) is 0 Å². The molecule has 3 rings (SSSR count). The number of carbonyl (C=O) groups excluding carboxylic acids is 4. The highest BCUT2D eigenvalue weighted by Crippen LogP contribution is 2.38. The second-order valence-electron chi connectivity index (χ2n) is 7.26. The first-order valence-electron chi connectivity index (χ1n) is 9.36. The number of nitrogens with zero attached hydrogens (tertiary/aromatic N) is 2. The van der Waals surface area contributed by atoms with Crippen LogP contribution in [-0.2, 0) is 23.9 Å². The second-order valence-corrected chi connectivity index (χ2v) is 8.08. The normalized spacial score (nSPS) is 22.3. The lowest BCUT2D eigenvalue weighted by atomic mass is 9.81. The van der Waals surface area contributed by atoms with Crippen molar-refractivity contribution in [2.24, 2.45) is 11.8 Å². The van der Waals surface area contributed by atoms with E-state index in [2.05, 4.69) is 10.3 Å². The molecule has 1 aliphatic carbocycles. The number of aryl methyl sites for hydroxylation is 1. The Morgan fingerprint density at radius 2 is 1.79 bits per heavy atom. The molecule has 1 aromatic heterocycles. The fraction of sp³-hybridized carbons (Fsp3) is 0.526. The van der Waals surface area contributed by atoms with E-state index < -0.39 is 24.5 Å². The number of imide groups is 1. The van der Waals surface area contributed by atoms with E-state index in [9.17, 15) is 19.2 Å². The smallest absolute Gasteiger partial charge is 0.329 e. The Morgan fingerprint density at radius 1 is 1.21 bits per heavy atom. The third kappa shape index (κ3) is 4.38. The van der Waals surface area contributed by atoms with Gasteiger partial charge >= 0.3 is 5.97 Å². The lowest BCUT2D eigenvalue weighted by molar-refractivity contribution is -0.159. The minimum atomic E-state index is -1.09. The first kappa shape index (κ1) is 21.5. The van der Waals surface area contributed by atoms with Gasteiger partial charge in [-0.1, -0.05) is 36.0 Å². The van der Waals surface area contributed by atoms with Crippen LogP contribution < -0.4 is 5.32 Å². The Morgan fingerprint density at radius 3 is 2.38 bits per heavy atom. The number of carbonyl (C=O) groups is 4. The fourth-order valence-corrected chi connectivity index (χ4v) is 4.15. The third-order valence-corrected chi connectivity index (χ3v) is 5.98. The maximum absolute atomic E-state index is 12.6. The van der Waals surface area contributed by atoms with Crippen molar-refractivity contribution in [3.05, 3.63) is 21.8 Å². The molecule has 156 valence electrons. The van der Waals surface area contributed by atoms with Crippen molar-refractivity contribution < 1.29 is 23.9 Å². The zero-order chi connectivity index (χ0) is 21.3. The molecule has 3 atom stereocenters. The van der Waals surface area contributed by atoms with Crippen molar-refractivity contribution in [1.82, 2.24) is 9.88 Å². The first-order chi connectivity index (χ1) is 13.7. The van der Waals surface area contributed by atoms with Crippen LogP contribution in [0, 0.1) is 18.8 Å². The molecule has 2 aliphatic rings. The van der Waals surface area contributed by atoms with Crippen LogP contribution in [0.25, 0.3) is 0 Å². The standard InChI is InChI=1S/C19H21Cl2N3O5/c1-9-13(20)7-14(21)16(22-9)23-15(25)8-29-19(28)10(2)24-17(26)11-5-3-4-6-12(11)18(24)27/h7,10-12H,3-6,8H2,1-2H3,(H,22,23,25)/t10-,11+,12+/m1/s1. The summed E-state index contributed by atoms with van der Waals surface area (Å²) in [6.45, 7) is 2.47. The zero-order valence-corrected chi connectivity index (χ0v) is 17.5. The van der Waals surface area contributed by atoms with Crippen LogP contribution in [0.3, 0.4) is 0 Å². The first-order valence-corrected chi connectivity index (χ1v) is 10.1. The van der Waals surface area contributed by atoms with E-state index in [4.69, 9.17) is 27.9 Å². The average Bonchev–Trinajstić information content (AvgIpc) is 2.94. The monoisotopic (exact) mass is 441 g/mol. The largest absolute Gasteiger partial charge is 0.454 e. The zero-order valence-electron chi connectivity index (χ0n) is 16.0. The second kappa shape index (κ2) is 8.67. The van der Waals surface area contributed by atoms with Crippen molar-refractivity contribution in [3.63, 3.8) is 0 Å². The summed E-state index contributed by atoms with van der Waals surface area (Å²) in [5.41, 5.74) is 0.476. The number of aromatic nitrogens is 1. The van der Waals surface area contributed by atoms with Gasteiger partial charge in [-0.3, -0.25) is 19.3 Å². The number of halogens is 2. The quantitative estimate of drug-likeness (QED) is 0.556. The molecule has 0 spiro atoms. The number of ether oxygens (including phenoxy) is 1. The van der Waals surface area contributed by atoms with E-state index in [1.807, 2.05) is 0 Å². The lowest BCUT2D eigenvalue weighted by Crippen LogP contribution is -2.45. The number of amides is 3. The molecule has 1 N–H and O–H groups in total. The summed E-state index contributed by atoms with van der Waals surface area (Å²) in [6, 6.07) is 0.354. The number of esters is 1. The van der Waals surface area contributed by atoms with Crippen LogP contribution in [0.2, 0.25) is 10.0 Å². The molecule has 8 nitrogen and oxygen atoms in total. The number of anilines is 1. The molecule has 3 amide bonds. The van der Waals surface area contributed by atoms with Crippen molar-refractivity contribution in [3.8, 4) is 0 Å². The predicted octanol–water partition coefficient (Wildman–Crippen LogP) is 2.74. The topological polar surface area (TPSA) is 106 Å². The van der Waals surface area contributed by atoms with Crippen LogP contribution in [0.4, 0.5) is 5.82 Å². The average molecular weight is 442 g/mol. The minimum absolute atomic E-state index is 0.0941. The number of hydrogen-bond donors (Lipinski definition) is 1. The Bertz CT molecular complexity index is 852. The number of pyridine rings is 1. The van der Waals surface area contributed by atoms with Gasteiger partial charge in [-0.15, -0.1) is 0 Å². The SMILES string of the molecule is Cc1nc(NC(=O)COC(=O)[C@@H](C)N2C(=O)[C@H]3CCCC[C@@H]3C2=O)c(Cl)cc1Cl. The van der Waals surface area contributed by atoms with Gasteiger partial charge in [0.05, 0.1) is 27.6 Å². The molecule has 1 saturated carbocycles. The van der Waals surface area contributed by atoms with Crippen LogP contribution in [0.1, 0.15) is 38.3 Å². The number of hydrogen-bond acceptors (Lipinski definition) is 6. The summed E-state index contributed by atoms with van der Waals surface area (Å²) in [6.07, 6.45) is 3.11. The van der Waals surface area contributed by atoms with E-state index in [1.54, 1.807) is 6.92 Å². The predicted molar refractivity (Wildman–Crippen MR) is 105 cm³/mol. The van der Waals surface area contributed by atoms with E-state index in [0.29, 0.717) is 23.6 Å². The molecule has 29 heavy (non-hydrogen) atoms. The molecule has 2 fully saturated rings. The molecule has 10 heteroatoms. The molecule has 2 heterocycles. The van der Waals surface area contributed by atoms with E-state index >= 15 is 0 Å². The number of rotatable bonds is 5. The molecular formula is C19H21Cl2N3O5. The highest BCUT2D eigenvalue weighted by molar-refractivity contribution is 6.36. The summed E-state index contributed by atoms with van der Waals surface area (Å²) < 4.78 is 5.00. The van der Waals surface area contributed by atoms with Crippen molar-refractivity contribution in [2.75, 3.05) is 11.9 Å². The maximum atomic E-state index is 12.6. The lowest BCUT2D eigenvalue weighted by Gasteiger charge is -2.21. The van der Waals surface area contributed by atoms with Gasteiger partial charge < -0.3 is 10.1 Å². The van der Waals surface area contributed by atoms with Crippen LogP contribution in [-0.4, -0.2) is 46.2 Å². The van der Waals surface area contributed by atoms with Gasteiger partial charge in [-0.2, -0.15) is 0 Å². The van der Waals surface area contributed by atoms with Gasteiger partial charge in [0.15, 0.2) is 12.4 Å². The van der Waals surface area contributed by atoms with Gasteiger partial charge in [0.25, 0.3) is 5.91 Å². The van der Waals surface area contributed by atoms with Gasteiger partial charge in [0, 0.05) is 0 Å². The molecule has 1 saturated heterocycles. The fourth-order valence-electron chi connectivity index (χ4n) is 3.75. The number of nitrogens with one attached hydrogen (secondary N) is 1. The number of fused-ring (bicyclic) bond motifs is 1. The van der Waals surface area contributed by atoms with Crippen molar-refractivity contribution >= 4 is 52.7 Å². The van der Waals surface area contributed by atoms with Gasteiger partial charge in [-0.05, 0) is 32.8 Å². The van der Waals surface area contributed by atoms with Crippen molar-refractivity contribution in [2.45, 2.75) is 45.6 Å². The molecule has 0 unspecified atom stereocenters. The summed E-state index contributed by atoms with van der Waals surface area (Å²) in [4.78, 5) is 54.6. The Balaban J connectivity index is 1.57. The van der Waals surface area contributed by atoms with Crippen LogP contribution in [0.5, 0.6) is 0 Å². The maximum Gasteiger partial charge on any atom is 0.329 e. The Kier molecular flexibility index (Phi) is 6.43. The summed E-state index contributed by atoms with van der Waals surface area (Å²) in [5.74, 6) is -2.76. The summed E-state index contributed by atoms with van der Waals surface area (Å²) in [5, 5.41) is 2.93. The van der Waals surface area contributed by atoms with Gasteiger partial charge in [-0.25, -0.2) is 9.78 Å². The summed E-state index contributed by atoms with van der Waals surface area (Å²) >= 11 is 11.9. The third-order valence-electron chi connectivity index (χ3n) is 5.31. The van der Waals surface area contributed by atoms with Crippen LogP contribution in [0.15, 0.2) is 6.07 Å². The van der Waals surface area contributed by atoms with E-state index in [0.717, 1.165) is 17.7 Å². The highest BCUT2D eigenvalue weighted by Gasteiger charge is 2.51.